The van der Waals surface area contributed by atoms with E-state index in [1.807, 2.05) is 0 Å². The van der Waals surface area contributed by atoms with E-state index in [0.717, 1.165) is 0 Å². The molecule has 0 spiro atoms. The highest BCUT2D eigenvalue weighted by Gasteiger charge is 2.02. The van der Waals surface area contributed by atoms with Crippen LogP contribution in [0.3, 0.4) is 0 Å². The van der Waals surface area contributed by atoms with Gasteiger partial charge in [-0.05, 0) is 6.58 Å². The van der Waals surface area contributed by atoms with Gasteiger partial charge in [0, 0.05) is 0 Å². The molecule has 0 aliphatic carbocycles. The Morgan fingerprint density at radius 1 is 1.08 bits per heavy atom. The standard InChI is InChI=1S/C6H8O6/c1-4(11-2-5(7)8)12-3-6(9)10/h1-3H2,(H,7,8)(H,9,10). The minimum absolute atomic E-state index is 0.320. The molecule has 0 aromatic carbocycles. The van der Waals surface area contributed by atoms with Crippen LogP contribution in [0.5, 0.6) is 0 Å². The van der Waals surface area contributed by atoms with Crippen LogP contribution in [-0.2, 0) is 19.1 Å². The number of carboxylic acids is 2. The number of hydrogen-bond donors (Lipinski definition) is 2. The summed E-state index contributed by atoms with van der Waals surface area (Å²) in [6.45, 7) is 1.93. The number of hydrogen-bond acceptors (Lipinski definition) is 4. The van der Waals surface area contributed by atoms with Gasteiger partial charge in [-0.1, -0.05) is 0 Å². The Bertz CT molecular complexity index is 176. The highest BCUT2D eigenvalue weighted by molar-refractivity contribution is 5.68. The summed E-state index contributed by atoms with van der Waals surface area (Å²) in [6.07, 6.45) is 0. The molecule has 0 fully saturated rings. The lowest BCUT2D eigenvalue weighted by molar-refractivity contribution is -0.146. The van der Waals surface area contributed by atoms with Crippen molar-refractivity contribution in [3.8, 4) is 0 Å². The smallest absolute Gasteiger partial charge is 0.341 e. The fourth-order valence-corrected chi connectivity index (χ4v) is 0.326. The van der Waals surface area contributed by atoms with Crippen LogP contribution in [0.2, 0.25) is 0 Å². The molecule has 0 bridgehead atoms. The topological polar surface area (TPSA) is 93.1 Å². The summed E-state index contributed by atoms with van der Waals surface area (Å²) in [4.78, 5) is 19.8. The molecule has 0 heterocycles. The summed E-state index contributed by atoms with van der Waals surface area (Å²) in [5, 5.41) is 16.2. The first kappa shape index (κ1) is 10.3. The molecule has 0 aromatic heterocycles. The van der Waals surface area contributed by atoms with Gasteiger partial charge in [-0.15, -0.1) is 0 Å². The maximum Gasteiger partial charge on any atom is 0.341 e. The van der Waals surface area contributed by atoms with Crippen LogP contribution in [0, 0.1) is 0 Å². The van der Waals surface area contributed by atoms with Crippen molar-refractivity contribution in [3.05, 3.63) is 12.5 Å². The largest absolute Gasteiger partial charge is 0.479 e. The van der Waals surface area contributed by atoms with E-state index in [-0.39, 0.29) is 5.95 Å². The van der Waals surface area contributed by atoms with Gasteiger partial charge in [-0.2, -0.15) is 0 Å². The van der Waals surface area contributed by atoms with Crippen molar-refractivity contribution in [1.29, 1.82) is 0 Å². The van der Waals surface area contributed by atoms with Gasteiger partial charge in [0.15, 0.2) is 13.2 Å². The third kappa shape index (κ3) is 6.40. The summed E-state index contributed by atoms with van der Waals surface area (Å²) in [5.41, 5.74) is 0. The van der Waals surface area contributed by atoms with E-state index in [1.165, 1.54) is 0 Å². The molecule has 0 saturated carbocycles. The average Bonchev–Trinajstić information content (AvgIpc) is 1.96. The number of rotatable bonds is 6. The second-order valence-corrected chi connectivity index (χ2v) is 1.74. The zero-order chi connectivity index (χ0) is 9.56. The number of ether oxygens (including phenoxy) is 2. The van der Waals surface area contributed by atoms with Crippen LogP contribution in [0.15, 0.2) is 12.5 Å². The monoisotopic (exact) mass is 176 g/mol. The molecule has 0 amide bonds. The Hall–Kier alpha value is -1.72. The fraction of sp³-hybridized carbons (Fsp3) is 0.333. The highest BCUT2D eigenvalue weighted by Crippen LogP contribution is 1.94. The summed E-state index contributed by atoms with van der Waals surface area (Å²) in [7, 11) is 0. The third-order valence-electron chi connectivity index (χ3n) is 0.713. The van der Waals surface area contributed by atoms with E-state index in [1.54, 1.807) is 0 Å². The van der Waals surface area contributed by atoms with Gasteiger partial charge in [0.05, 0.1) is 0 Å². The van der Waals surface area contributed by atoms with Gasteiger partial charge in [-0.3, -0.25) is 0 Å². The van der Waals surface area contributed by atoms with Crippen molar-refractivity contribution in [3.63, 3.8) is 0 Å². The normalized spacial score (nSPS) is 8.67. The predicted molar refractivity (Wildman–Crippen MR) is 36.3 cm³/mol. The van der Waals surface area contributed by atoms with E-state index in [9.17, 15) is 9.59 Å². The van der Waals surface area contributed by atoms with E-state index in [2.05, 4.69) is 16.1 Å². The molecule has 0 aromatic rings. The summed E-state index contributed by atoms with van der Waals surface area (Å²) >= 11 is 0. The van der Waals surface area contributed by atoms with Crippen LogP contribution in [0.1, 0.15) is 0 Å². The minimum atomic E-state index is -1.19. The van der Waals surface area contributed by atoms with Crippen LogP contribution in [0.4, 0.5) is 0 Å². The van der Waals surface area contributed by atoms with Crippen molar-refractivity contribution in [2.24, 2.45) is 0 Å². The molecule has 2 N–H and O–H groups in total. The van der Waals surface area contributed by atoms with Crippen molar-refractivity contribution >= 4 is 11.9 Å². The van der Waals surface area contributed by atoms with Gasteiger partial charge in [0.1, 0.15) is 0 Å². The van der Waals surface area contributed by atoms with Crippen molar-refractivity contribution in [2.45, 2.75) is 0 Å². The molecule has 0 radical (unpaired) electrons. The molecule has 12 heavy (non-hydrogen) atoms. The second-order valence-electron chi connectivity index (χ2n) is 1.74. The minimum Gasteiger partial charge on any atom is -0.479 e. The van der Waals surface area contributed by atoms with Crippen LogP contribution >= 0.6 is 0 Å². The molecule has 6 heteroatoms. The Labute approximate surface area is 68.0 Å². The summed E-state index contributed by atoms with van der Waals surface area (Å²) in [6, 6.07) is 0. The zero-order valence-corrected chi connectivity index (χ0v) is 6.15. The van der Waals surface area contributed by atoms with Crippen LogP contribution < -0.4 is 0 Å². The second kappa shape index (κ2) is 5.00. The van der Waals surface area contributed by atoms with Crippen molar-refractivity contribution < 1.29 is 29.3 Å². The summed E-state index contributed by atoms with van der Waals surface area (Å²) < 4.78 is 8.75. The van der Waals surface area contributed by atoms with E-state index < -0.39 is 25.2 Å². The molecular formula is C6H8O6. The first-order valence-corrected chi connectivity index (χ1v) is 2.90. The molecule has 0 unspecified atom stereocenters. The number of aliphatic carboxylic acids is 2. The third-order valence-corrected chi connectivity index (χ3v) is 0.713. The lowest BCUT2D eigenvalue weighted by Gasteiger charge is -2.05. The molecule has 0 aliphatic rings. The zero-order valence-electron chi connectivity index (χ0n) is 6.15. The predicted octanol–water partition coefficient (Wildman–Crippen LogP) is -0.340. The molecule has 0 atom stereocenters. The molecule has 68 valence electrons. The summed E-state index contributed by atoms with van der Waals surface area (Å²) in [5.74, 6) is -2.69. The Kier molecular flexibility index (Phi) is 4.28. The Morgan fingerprint density at radius 2 is 1.42 bits per heavy atom. The Balaban J connectivity index is 3.47. The van der Waals surface area contributed by atoms with Crippen molar-refractivity contribution in [1.82, 2.24) is 0 Å². The van der Waals surface area contributed by atoms with E-state index >= 15 is 0 Å². The van der Waals surface area contributed by atoms with E-state index in [4.69, 9.17) is 10.2 Å². The number of carboxylic acid groups (broad SMARTS) is 2. The quantitative estimate of drug-likeness (QED) is 0.538. The van der Waals surface area contributed by atoms with Crippen LogP contribution in [0.25, 0.3) is 0 Å². The molecule has 0 aliphatic heterocycles. The molecule has 0 rings (SSSR count). The molecular weight excluding hydrogens is 168 g/mol. The van der Waals surface area contributed by atoms with Gasteiger partial charge >= 0.3 is 11.9 Å². The fourth-order valence-electron chi connectivity index (χ4n) is 0.326. The van der Waals surface area contributed by atoms with Gasteiger partial charge in [0.25, 0.3) is 5.95 Å². The van der Waals surface area contributed by atoms with Gasteiger partial charge < -0.3 is 19.7 Å². The lowest BCUT2D eigenvalue weighted by Crippen LogP contribution is -2.11. The first-order valence-electron chi connectivity index (χ1n) is 2.90. The maximum atomic E-state index is 9.90. The van der Waals surface area contributed by atoms with Crippen molar-refractivity contribution in [2.75, 3.05) is 13.2 Å². The van der Waals surface area contributed by atoms with E-state index in [0.29, 0.717) is 0 Å². The highest BCUT2D eigenvalue weighted by atomic mass is 16.7. The van der Waals surface area contributed by atoms with Gasteiger partial charge in [-0.25, -0.2) is 9.59 Å². The Morgan fingerprint density at radius 3 is 1.67 bits per heavy atom. The molecule has 0 saturated heterocycles. The van der Waals surface area contributed by atoms with Crippen LogP contribution in [-0.4, -0.2) is 35.4 Å². The van der Waals surface area contributed by atoms with Gasteiger partial charge in [0.2, 0.25) is 0 Å². The lowest BCUT2D eigenvalue weighted by atomic mass is 10.7. The maximum absolute atomic E-state index is 9.90. The first-order chi connectivity index (χ1) is 5.52. The average molecular weight is 176 g/mol. The SMILES string of the molecule is C=C(OCC(=O)O)OCC(=O)O. The molecule has 6 nitrogen and oxygen atoms in total. The number of carbonyl (C=O) groups is 2.